The van der Waals surface area contributed by atoms with Gasteiger partial charge in [-0.1, -0.05) is 0 Å². The number of rotatable bonds is 8. The van der Waals surface area contributed by atoms with Crippen LogP contribution in [0.5, 0.6) is 0 Å². The molecule has 0 radical (unpaired) electrons. The monoisotopic (exact) mass is 380 g/mol. The minimum atomic E-state index is -2.65. The predicted molar refractivity (Wildman–Crippen MR) is 99.0 cm³/mol. The van der Waals surface area contributed by atoms with Crippen molar-refractivity contribution in [2.45, 2.75) is 33.2 Å². The third-order valence-corrected chi connectivity index (χ3v) is 4.69. The zero-order chi connectivity index (χ0) is 19.2. The molecule has 0 spiro atoms. The minimum Gasteiger partial charge on any atom is -0.379 e. The molecular weight excluding hydrogens is 354 g/mol. The fraction of sp³-hybridized carbons (Fsp3) is 0.611. The van der Waals surface area contributed by atoms with Crippen LogP contribution in [-0.4, -0.2) is 64.0 Å². The van der Waals surface area contributed by atoms with E-state index in [1.807, 2.05) is 18.5 Å². The molecule has 0 unspecified atom stereocenters. The smallest absolute Gasteiger partial charge is 0.280 e. The number of morpholine rings is 1. The van der Waals surface area contributed by atoms with Crippen molar-refractivity contribution >= 4 is 5.95 Å². The van der Waals surface area contributed by atoms with Crippen LogP contribution in [0.25, 0.3) is 11.3 Å². The lowest BCUT2D eigenvalue weighted by molar-refractivity contribution is 0.0378. The van der Waals surface area contributed by atoms with Gasteiger partial charge in [0.05, 0.1) is 25.1 Å². The fourth-order valence-electron chi connectivity index (χ4n) is 3.14. The number of hydrogen-bond donors (Lipinski definition) is 1. The minimum absolute atomic E-state index is 0.230. The molecule has 148 valence electrons. The van der Waals surface area contributed by atoms with Gasteiger partial charge in [-0.05, 0) is 32.9 Å². The standard InChI is InChI=1S/C18H26F2N6O/c1-3-26-13(2)14(12-22-26)15-11-16(17(19)20)24-18(23-15)21-5-4-6-25-7-9-27-10-8-25/h11-12,17H,3-10H2,1-2H3,(H,21,23,24). The second-order valence-corrected chi connectivity index (χ2v) is 6.50. The Morgan fingerprint density at radius 3 is 2.70 bits per heavy atom. The zero-order valence-electron chi connectivity index (χ0n) is 15.8. The molecule has 0 atom stereocenters. The van der Waals surface area contributed by atoms with Gasteiger partial charge in [0.2, 0.25) is 5.95 Å². The number of halogens is 2. The lowest BCUT2D eigenvalue weighted by Crippen LogP contribution is -2.37. The van der Waals surface area contributed by atoms with E-state index in [1.54, 1.807) is 6.20 Å². The lowest BCUT2D eigenvalue weighted by Gasteiger charge is -2.26. The maximum atomic E-state index is 13.3. The molecule has 0 bridgehead atoms. The number of anilines is 1. The second kappa shape index (κ2) is 9.18. The van der Waals surface area contributed by atoms with Gasteiger partial charge >= 0.3 is 0 Å². The highest BCUT2D eigenvalue weighted by Gasteiger charge is 2.17. The number of alkyl halides is 2. The Hall–Kier alpha value is -2.13. The van der Waals surface area contributed by atoms with Crippen molar-refractivity contribution in [3.63, 3.8) is 0 Å². The topological polar surface area (TPSA) is 68.1 Å². The van der Waals surface area contributed by atoms with Crippen LogP contribution in [0.4, 0.5) is 14.7 Å². The molecule has 0 saturated carbocycles. The Balaban J connectivity index is 1.68. The maximum Gasteiger partial charge on any atom is 0.280 e. The molecule has 7 nitrogen and oxygen atoms in total. The molecule has 0 aliphatic carbocycles. The Morgan fingerprint density at radius 1 is 1.26 bits per heavy atom. The molecule has 0 amide bonds. The van der Waals surface area contributed by atoms with E-state index in [9.17, 15) is 8.78 Å². The SMILES string of the molecule is CCn1ncc(-c2cc(C(F)F)nc(NCCCN3CCOCC3)n2)c1C. The van der Waals surface area contributed by atoms with Gasteiger partial charge in [0, 0.05) is 37.4 Å². The Morgan fingerprint density at radius 2 is 2.04 bits per heavy atom. The van der Waals surface area contributed by atoms with Crippen molar-refractivity contribution < 1.29 is 13.5 Å². The van der Waals surface area contributed by atoms with Crippen LogP contribution in [0.15, 0.2) is 12.3 Å². The first-order valence-electron chi connectivity index (χ1n) is 9.32. The van der Waals surface area contributed by atoms with Crippen molar-refractivity contribution in [1.82, 2.24) is 24.6 Å². The molecule has 1 aliphatic rings. The van der Waals surface area contributed by atoms with E-state index in [4.69, 9.17) is 4.74 Å². The van der Waals surface area contributed by atoms with Gasteiger partial charge in [-0.3, -0.25) is 9.58 Å². The van der Waals surface area contributed by atoms with Crippen LogP contribution in [-0.2, 0) is 11.3 Å². The Bertz CT molecular complexity index is 745. The molecule has 1 fully saturated rings. The number of aromatic nitrogens is 4. The molecule has 1 aliphatic heterocycles. The van der Waals surface area contributed by atoms with E-state index in [2.05, 4.69) is 25.3 Å². The van der Waals surface area contributed by atoms with Gasteiger partial charge in [0.1, 0.15) is 5.69 Å². The van der Waals surface area contributed by atoms with E-state index >= 15 is 0 Å². The average Bonchev–Trinajstić information content (AvgIpc) is 3.06. The molecular formula is C18H26F2N6O. The van der Waals surface area contributed by atoms with Crippen molar-refractivity contribution in [3.8, 4) is 11.3 Å². The molecule has 9 heteroatoms. The number of ether oxygens (including phenoxy) is 1. The van der Waals surface area contributed by atoms with E-state index in [-0.39, 0.29) is 11.6 Å². The highest BCUT2D eigenvalue weighted by Crippen LogP contribution is 2.26. The summed E-state index contributed by atoms with van der Waals surface area (Å²) < 4.78 is 33.7. The van der Waals surface area contributed by atoms with Crippen LogP contribution < -0.4 is 5.32 Å². The molecule has 0 aromatic carbocycles. The van der Waals surface area contributed by atoms with Crippen molar-refractivity contribution in [2.24, 2.45) is 0 Å². The maximum absolute atomic E-state index is 13.3. The van der Waals surface area contributed by atoms with Crippen LogP contribution in [0, 0.1) is 6.92 Å². The van der Waals surface area contributed by atoms with Crippen molar-refractivity contribution in [1.29, 1.82) is 0 Å². The van der Waals surface area contributed by atoms with E-state index in [0.29, 0.717) is 18.8 Å². The molecule has 1 N–H and O–H groups in total. The first kappa shape index (κ1) is 19.6. The van der Waals surface area contributed by atoms with Gasteiger partial charge in [-0.2, -0.15) is 5.10 Å². The Kier molecular flexibility index (Phi) is 6.68. The van der Waals surface area contributed by atoms with E-state index in [0.717, 1.165) is 50.5 Å². The predicted octanol–water partition coefficient (Wildman–Crippen LogP) is 2.74. The van der Waals surface area contributed by atoms with E-state index < -0.39 is 6.43 Å². The highest BCUT2D eigenvalue weighted by atomic mass is 19.3. The average molecular weight is 380 g/mol. The van der Waals surface area contributed by atoms with Gasteiger partial charge in [-0.25, -0.2) is 18.7 Å². The zero-order valence-corrected chi connectivity index (χ0v) is 15.8. The van der Waals surface area contributed by atoms with Crippen LogP contribution in [0.1, 0.15) is 31.2 Å². The first-order valence-corrected chi connectivity index (χ1v) is 9.32. The van der Waals surface area contributed by atoms with Crippen LogP contribution >= 0.6 is 0 Å². The molecule has 1 saturated heterocycles. The van der Waals surface area contributed by atoms with Gasteiger partial charge in [-0.15, -0.1) is 0 Å². The summed E-state index contributed by atoms with van der Waals surface area (Å²) in [5, 5.41) is 7.36. The van der Waals surface area contributed by atoms with Gasteiger partial charge in [0.15, 0.2) is 0 Å². The summed E-state index contributed by atoms with van der Waals surface area (Å²) in [5.41, 5.74) is 1.83. The number of nitrogens with zero attached hydrogens (tertiary/aromatic N) is 5. The number of aryl methyl sites for hydroxylation is 1. The summed E-state index contributed by atoms with van der Waals surface area (Å²) in [5.74, 6) is 0.230. The third kappa shape index (κ3) is 4.98. The summed E-state index contributed by atoms with van der Waals surface area (Å²) in [7, 11) is 0. The molecule has 3 heterocycles. The lowest BCUT2D eigenvalue weighted by atomic mass is 10.1. The Labute approximate surface area is 157 Å². The van der Waals surface area contributed by atoms with Gasteiger partial charge in [0.25, 0.3) is 6.43 Å². The highest BCUT2D eigenvalue weighted by molar-refractivity contribution is 5.62. The molecule has 2 aromatic rings. The molecule has 2 aromatic heterocycles. The van der Waals surface area contributed by atoms with Gasteiger partial charge < -0.3 is 10.1 Å². The van der Waals surface area contributed by atoms with Crippen LogP contribution in [0.2, 0.25) is 0 Å². The normalized spacial score (nSPS) is 15.4. The second-order valence-electron chi connectivity index (χ2n) is 6.50. The van der Waals surface area contributed by atoms with E-state index in [1.165, 1.54) is 6.07 Å². The third-order valence-electron chi connectivity index (χ3n) is 4.69. The van der Waals surface area contributed by atoms with Crippen LogP contribution in [0.3, 0.4) is 0 Å². The summed E-state index contributed by atoms with van der Waals surface area (Å²) in [6, 6.07) is 1.34. The largest absolute Gasteiger partial charge is 0.379 e. The quantitative estimate of drug-likeness (QED) is 0.711. The number of hydrogen-bond acceptors (Lipinski definition) is 6. The molecule has 3 rings (SSSR count). The summed E-state index contributed by atoms with van der Waals surface area (Å²) >= 11 is 0. The van der Waals surface area contributed by atoms with Crippen molar-refractivity contribution in [2.75, 3.05) is 44.7 Å². The summed E-state index contributed by atoms with van der Waals surface area (Å²) in [6.07, 6.45) is -0.106. The van der Waals surface area contributed by atoms with Crippen molar-refractivity contribution in [3.05, 3.63) is 23.7 Å². The first-order chi connectivity index (χ1) is 13.1. The fourth-order valence-corrected chi connectivity index (χ4v) is 3.14. The molecule has 27 heavy (non-hydrogen) atoms. The number of nitrogens with one attached hydrogen (secondary N) is 1. The summed E-state index contributed by atoms with van der Waals surface area (Å²) in [4.78, 5) is 10.7. The summed E-state index contributed by atoms with van der Waals surface area (Å²) in [6.45, 7) is 9.55.